The summed E-state index contributed by atoms with van der Waals surface area (Å²) in [5.41, 5.74) is 8.08. The fraction of sp³-hybridized carbons (Fsp3) is 0.0500. The number of amides is 1. The molecule has 0 atom stereocenters. The van der Waals surface area contributed by atoms with Crippen molar-refractivity contribution in [2.45, 2.75) is 9.79 Å². The van der Waals surface area contributed by atoms with Crippen LogP contribution in [0.1, 0.15) is 10.5 Å². The van der Waals surface area contributed by atoms with Crippen molar-refractivity contribution in [3.05, 3.63) is 71.5 Å². The molecule has 0 aliphatic rings. The van der Waals surface area contributed by atoms with Crippen molar-refractivity contribution in [2.75, 3.05) is 0 Å². The fourth-order valence-corrected chi connectivity index (χ4v) is 3.89. The lowest BCUT2D eigenvalue weighted by molar-refractivity contribution is 0.0996. The maximum absolute atomic E-state index is 11.4. The maximum Gasteiger partial charge on any atom is 0.267 e. The minimum absolute atomic E-state index is 0.247. The van der Waals surface area contributed by atoms with E-state index in [0.717, 1.165) is 26.4 Å². The third-order valence-electron chi connectivity index (χ3n) is 4.05. The lowest BCUT2D eigenvalue weighted by Crippen LogP contribution is -2.12. The van der Waals surface area contributed by atoms with E-state index in [1.165, 1.54) is 0 Å². The van der Waals surface area contributed by atoms with Gasteiger partial charge in [-0.25, -0.2) is 4.98 Å². The number of carbonyl (C=O) groups excluding carboxylic acids is 1. The van der Waals surface area contributed by atoms with Crippen LogP contribution in [0.2, 0.25) is 5.02 Å². The first kappa shape index (κ1) is 17.6. The normalized spacial score (nSPS) is 11.0. The van der Waals surface area contributed by atoms with Crippen LogP contribution in [0.15, 0.2) is 70.6 Å². The molecule has 0 saturated carbocycles. The molecule has 134 valence electrons. The summed E-state index contributed by atoms with van der Waals surface area (Å²) in [6, 6.07) is 17.1. The first-order valence-corrected chi connectivity index (χ1v) is 9.37. The van der Waals surface area contributed by atoms with Crippen LogP contribution in [-0.4, -0.2) is 20.7 Å². The number of aryl methyl sites for hydroxylation is 1. The van der Waals surface area contributed by atoms with Gasteiger partial charge in [-0.3, -0.25) is 9.48 Å². The molecule has 0 bridgehead atoms. The van der Waals surface area contributed by atoms with E-state index < -0.39 is 5.91 Å². The largest absolute Gasteiger partial charge is 0.364 e. The van der Waals surface area contributed by atoms with E-state index in [1.54, 1.807) is 22.5 Å². The molecule has 0 aliphatic carbocycles. The Bertz CT molecular complexity index is 1150. The standard InChI is InChI=1S/C20H15ClN4OS/c1-25-11-18(27-15-7-5-14(21)6-8-15)19(24-25)13-3-2-12-4-9-16(20(22)26)23-17(12)10-13/h2-11H,1H3,(H2,22,26). The van der Waals surface area contributed by atoms with E-state index >= 15 is 0 Å². The third kappa shape index (κ3) is 3.67. The molecule has 0 fully saturated rings. The Kier molecular flexibility index (Phi) is 4.59. The summed E-state index contributed by atoms with van der Waals surface area (Å²) >= 11 is 7.59. The highest BCUT2D eigenvalue weighted by molar-refractivity contribution is 7.99. The fourth-order valence-electron chi connectivity index (χ4n) is 2.77. The van der Waals surface area contributed by atoms with Gasteiger partial charge in [-0.15, -0.1) is 0 Å². The number of hydrogen-bond donors (Lipinski definition) is 1. The Morgan fingerprint density at radius 3 is 2.59 bits per heavy atom. The molecule has 7 heteroatoms. The SMILES string of the molecule is Cn1cc(Sc2ccc(Cl)cc2)c(-c2ccc3ccc(C(N)=O)nc3c2)n1. The summed E-state index contributed by atoms with van der Waals surface area (Å²) in [7, 11) is 1.89. The van der Waals surface area contributed by atoms with Gasteiger partial charge in [-0.1, -0.05) is 41.6 Å². The van der Waals surface area contributed by atoms with Crippen LogP contribution in [0.5, 0.6) is 0 Å². The zero-order chi connectivity index (χ0) is 19.0. The second-order valence-electron chi connectivity index (χ2n) is 6.04. The average Bonchev–Trinajstić information content (AvgIpc) is 3.03. The van der Waals surface area contributed by atoms with E-state index in [1.807, 2.05) is 61.8 Å². The molecule has 0 unspecified atom stereocenters. The van der Waals surface area contributed by atoms with E-state index in [9.17, 15) is 4.79 Å². The summed E-state index contributed by atoms with van der Waals surface area (Å²) in [6.45, 7) is 0. The van der Waals surface area contributed by atoms with E-state index in [-0.39, 0.29) is 5.69 Å². The first-order chi connectivity index (χ1) is 13.0. The van der Waals surface area contributed by atoms with Crippen LogP contribution in [0.3, 0.4) is 0 Å². The molecule has 4 aromatic rings. The van der Waals surface area contributed by atoms with Crippen LogP contribution in [0.25, 0.3) is 22.2 Å². The molecule has 27 heavy (non-hydrogen) atoms. The van der Waals surface area contributed by atoms with Crippen molar-refractivity contribution in [3.8, 4) is 11.3 Å². The van der Waals surface area contributed by atoms with Crippen LogP contribution in [-0.2, 0) is 7.05 Å². The predicted molar refractivity (Wildman–Crippen MR) is 108 cm³/mol. The van der Waals surface area contributed by atoms with E-state index in [4.69, 9.17) is 17.3 Å². The van der Waals surface area contributed by atoms with Crippen molar-refractivity contribution >= 4 is 40.2 Å². The summed E-state index contributed by atoms with van der Waals surface area (Å²) in [4.78, 5) is 17.9. The molecule has 2 heterocycles. The Morgan fingerprint density at radius 1 is 1.11 bits per heavy atom. The highest BCUT2D eigenvalue weighted by Gasteiger charge is 2.13. The zero-order valence-corrected chi connectivity index (χ0v) is 16.0. The Balaban J connectivity index is 1.76. The predicted octanol–water partition coefficient (Wildman–Crippen LogP) is 4.54. The molecule has 0 aliphatic heterocycles. The van der Waals surface area contributed by atoms with Gasteiger partial charge in [-0.2, -0.15) is 5.10 Å². The summed E-state index contributed by atoms with van der Waals surface area (Å²) in [5.74, 6) is -0.542. The Labute approximate surface area is 165 Å². The van der Waals surface area contributed by atoms with Crippen LogP contribution >= 0.6 is 23.4 Å². The van der Waals surface area contributed by atoms with Crippen molar-refractivity contribution < 1.29 is 4.79 Å². The number of nitrogens with zero attached hydrogens (tertiary/aromatic N) is 3. The Morgan fingerprint density at radius 2 is 1.85 bits per heavy atom. The number of pyridine rings is 1. The van der Waals surface area contributed by atoms with Gasteiger partial charge in [0.25, 0.3) is 5.91 Å². The molecule has 4 rings (SSSR count). The number of fused-ring (bicyclic) bond motifs is 1. The lowest BCUT2D eigenvalue weighted by atomic mass is 10.1. The van der Waals surface area contributed by atoms with Crippen molar-refractivity contribution in [2.24, 2.45) is 12.8 Å². The molecule has 0 spiro atoms. The number of nitrogens with two attached hydrogens (primary N) is 1. The molecule has 5 nitrogen and oxygen atoms in total. The minimum atomic E-state index is -0.542. The summed E-state index contributed by atoms with van der Waals surface area (Å²) in [6.07, 6.45) is 1.98. The first-order valence-electron chi connectivity index (χ1n) is 8.18. The number of halogens is 1. The number of aromatic nitrogens is 3. The van der Waals surface area contributed by atoms with Gasteiger partial charge in [0.2, 0.25) is 0 Å². The van der Waals surface area contributed by atoms with Crippen LogP contribution in [0.4, 0.5) is 0 Å². The van der Waals surface area contributed by atoms with Crippen molar-refractivity contribution in [1.82, 2.24) is 14.8 Å². The molecular formula is C20H15ClN4OS. The third-order valence-corrected chi connectivity index (χ3v) is 5.33. The van der Waals surface area contributed by atoms with Crippen molar-refractivity contribution in [3.63, 3.8) is 0 Å². The topological polar surface area (TPSA) is 73.8 Å². The van der Waals surface area contributed by atoms with Gasteiger partial charge in [0.1, 0.15) is 11.4 Å². The number of rotatable bonds is 4. The monoisotopic (exact) mass is 394 g/mol. The number of carbonyl (C=O) groups is 1. The minimum Gasteiger partial charge on any atom is -0.364 e. The molecule has 2 aromatic carbocycles. The zero-order valence-electron chi connectivity index (χ0n) is 14.4. The number of primary amides is 1. The highest BCUT2D eigenvalue weighted by Crippen LogP contribution is 2.36. The smallest absolute Gasteiger partial charge is 0.267 e. The quantitative estimate of drug-likeness (QED) is 0.551. The molecular weight excluding hydrogens is 380 g/mol. The van der Waals surface area contributed by atoms with Gasteiger partial charge >= 0.3 is 0 Å². The average molecular weight is 395 g/mol. The van der Waals surface area contributed by atoms with Gasteiger partial charge in [0.05, 0.1) is 10.4 Å². The van der Waals surface area contributed by atoms with Gasteiger partial charge < -0.3 is 5.73 Å². The summed E-state index contributed by atoms with van der Waals surface area (Å²) in [5, 5.41) is 6.25. The molecule has 0 saturated heterocycles. The number of hydrogen-bond acceptors (Lipinski definition) is 4. The highest BCUT2D eigenvalue weighted by atomic mass is 35.5. The molecule has 2 N–H and O–H groups in total. The lowest BCUT2D eigenvalue weighted by Gasteiger charge is -2.05. The van der Waals surface area contributed by atoms with E-state index in [0.29, 0.717) is 10.5 Å². The number of benzene rings is 2. The van der Waals surface area contributed by atoms with Crippen LogP contribution < -0.4 is 5.73 Å². The van der Waals surface area contributed by atoms with Crippen LogP contribution in [0, 0.1) is 0 Å². The Hall–Kier alpha value is -2.83. The molecule has 2 aromatic heterocycles. The van der Waals surface area contributed by atoms with E-state index in [2.05, 4.69) is 10.1 Å². The summed E-state index contributed by atoms with van der Waals surface area (Å²) < 4.78 is 1.78. The maximum atomic E-state index is 11.4. The van der Waals surface area contributed by atoms with Gasteiger partial charge in [-0.05, 0) is 36.4 Å². The molecule has 1 amide bonds. The molecule has 0 radical (unpaired) electrons. The van der Waals surface area contributed by atoms with Gasteiger partial charge in [0.15, 0.2) is 0 Å². The second-order valence-corrected chi connectivity index (χ2v) is 7.59. The van der Waals surface area contributed by atoms with Gasteiger partial charge in [0, 0.05) is 34.1 Å². The van der Waals surface area contributed by atoms with Crippen molar-refractivity contribution in [1.29, 1.82) is 0 Å². The second kappa shape index (κ2) is 7.06.